The molecule has 3 rings (SSSR count). The summed E-state index contributed by atoms with van der Waals surface area (Å²) in [5.41, 5.74) is 6.91. The van der Waals surface area contributed by atoms with Crippen LogP contribution in [0.2, 0.25) is 0 Å². The first kappa shape index (κ1) is 16.5. The smallest absolute Gasteiger partial charge is 0.252 e. The van der Waals surface area contributed by atoms with Crippen molar-refractivity contribution in [2.24, 2.45) is 5.73 Å². The molecule has 1 saturated heterocycles. The highest BCUT2D eigenvalue weighted by molar-refractivity contribution is 5.98. The highest BCUT2D eigenvalue weighted by Crippen LogP contribution is 2.29. The Kier molecular flexibility index (Phi) is 4.86. The van der Waals surface area contributed by atoms with Crippen molar-refractivity contribution < 1.29 is 13.9 Å². The lowest BCUT2D eigenvalue weighted by Crippen LogP contribution is -2.29. The summed E-state index contributed by atoms with van der Waals surface area (Å²) in [5, 5.41) is 8.11. The second kappa shape index (κ2) is 7.06. The fourth-order valence-corrected chi connectivity index (χ4v) is 2.92. The highest BCUT2D eigenvalue weighted by Gasteiger charge is 2.35. The number of benzene rings is 1. The zero-order chi connectivity index (χ0) is 17.1. The number of hydrogen-bond acceptors (Lipinski definition) is 5. The molecule has 0 bridgehead atoms. The normalized spacial score (nSPS) is 19.0. The lowest BCUT2D eigenvalue weighted by Gasteiger charge is -2.17. The number of carbonyl (C=O) groups excluding carboxylic acids is 1. The van der Waals surface area contributed by atoms with Gasteiger partial charge >= 0.3 is 0 Å². The zero-order valence-corrected chi connectivity index (χ0v) is 13.4. The maximum atomic E-state index is 13.9. The van der Waals surface area contributed by atoms with Gasteiger partial charge in [-0.15, -0.1) is 5.10 Å². The molecule has 2 heterocycles. The molecule has 0 radical (unpaired) electrons. The van der Waals surface area contributed by atoms with Gasteiger partial charge in [-0.05, 0) is 18.6 Å². The molecule has 0 aliphatic carbocycles. The third-order valence-corrected chi connectivity index (χ3v) is 4.05. The molecule has 1 aliphatic rings. The number of anilines is 1. The van der Waals surface area contributed by atoms with Crippen LogP contribution in [-0.4, -0.2) is 47.2 Å². The largest absolute Gasteiger partial charge is 0.383 e. The molecule has 1 aliphatic heterocycles. The molecule has 8 heteroatoms. The molecule has 7 nitrogen and oxygen atoms in total. The molecule has 2 aromatic rings. The molecule has 2 unspecified atom stereocenters. The first-order valence-electron chi connectivity index (χ1n) is 7.81. The molecule has 1 aromatic carbocycles. The Morgan fingerprint density at radius 3 is 3.00 bits per heavy atom. The molecule has 24 heavy (non-hydrogen) atoms. The lowest BCUT2D eigenvalue weighted by atomic mass is 10.2. The number of nitrogens with two attached hydrogens (primary N) is 1. The Morgan fingerprint density at radius 2 is 2.25 bits per heavy atom. The summed E-state index contributed by atoms with van der Waals surface area (Å²) in [6.45, 7) is 0.874. The van der Waals surface area contributed by atoms with Gasteiger partial charge in [0.25, 0.3) is 5.91 Å². The summed E-state index contributed by atoms with van der Waals surface area (Å²) in [6, 6.07) is 5.62. The van der Waals surface area contributed by atoms with Crippen LogP contribution in [0.1, 0.15) is 18.2 Å². The zero-order valence-electron chi connectivity index (χ0n) is 13.4. The quantitative estimate of drug-likeness (QED) is 0.849. The van der Waals surface area contributed by atoms with E-state index in [1.807, 2.05) is 0 Å². The maximum Gasteiger partial charge on any atom is 0.252 e. The molecular weight excluding hydrogens is 313 g/mol. The van der Waals surface area contributed by atoms with Gasteiger partial charge in [-0.25, -0.2) is 9.07 Å². The number of methoxy groups -OCH3 is 1. The van der Waals surface area contributed by atoms with Crippen LogP contribution in [0.25, 0.3) is 0 Å². The van der Waals surface area contributed by atoms with Gasteiger partial charge in [0.1, 0.15) is 11.9 Å². The summed E-state index contributed by atoms with van der Waals surface area (Å²) in [4.78, 5) is 14.1. The predicted molar refractivity (Wildman–Crippen MR) is 86.0 cm³/mol. The molecule has 2 N–H and O–H groups in total. The molecule has 1 amide bonds. The Hall–Kier alpha value is -2.32. The third-order valence-electron chi connectivity index (χ3n) is 4.05. The fraction of sp³-hybridized carbons (Fsp3) is 0.438. The van der Waals surface area contributed by atoms with E-state index in [1.54, 1.807) is 31.5 Å². The van der Waals surface area contributed by atoms with E-state index in [9.17, 15) is 9.18 Å². The Morgan fingerprint density at radius 1 is 1.46 bits per heavy atom. The molecule has 128 valence electrons. The van der Waals surface area contributed by atoms with Crippen LogP contribution in [0.4, 0.5) is 10.1 Å². The van der Waals surface area contributed by atoms with Crippen molar-refractivity contribution in [1.82, 2.24) is 15.0 Å². The molecule has 2 atom stereocenters. The van der Waals surface area contributed by atoms with Crippen molar-refractivity contribution in [3.05, 3.63) is 42.0 Å². The van der Waals surface area contributed by atoms with E-state index in [4.69, 9.17) is 10.5 Å². The number of amides is 1. The van der Waals surface area contributed by atoms with Crippen molar-refractivity contribution in [1.29, 1.82) is 0 Å². The number of hydrogen-bond donors (Lipinski definition) is 1. The van der Waals surface area contributed by atoms with Crippen LogP contribution >= 0.6 is 0 Å². The van der Waals surface area contributed by atoms with Crippen LogP contribution in [0, 0.1) is 5.82 Å². The average Bonchev–Trinajstić information content (AvgIpc) is 3.15. The monoisotopic (exact) mass is 333 g/mol. The minimum Gasteiger partial charge on any atom is -0.383 e. The number of carbonyl (C=O) groups is 1. The van der Waals surface area contributed by atoms with Crippen molar-refractivity contribution in [3.8, 4) is 0 Å². The first-order valence-corrected chi connectivity index (χ1v) is 7.81. The number of rotatable bonds is 6. The summed E-state index contributed by atoms with van der Waals surface area (Å²) in [7, 11) is 1.59. The Bertz CT molecular complexity index is 720. The van der Waals surface area contributed by atoms with Gasteiger partial charge in [-0.3, -0.25) is 4.79 Å². The third kappa shape index (κ3) is 3.29. The average molecular weight is 333 g/mol. The van der Waals surface area contributed by atoms with E-state index >= 15 is 0 Å². The van der Waals surface area contributed by atoms with E-state index in [0.717, 1.165) is 0 Å². The summed E-state index contributed by atoms with van der Waals surface area (Å²) >= 11 is 0. The van der Waals surface area contributed by atoms with E-state index < -0.39 is 11.9 Å². The number of ether oxygens (including phenoxy) is 1. The SMILES string of the molecule is COCC(N)Cc1cn(C2CCN(c3ccccc3F)C2=O)nn1. The number of para-hydroxylation sites is 1. The second-order valence-corrected chi connectivity index (χ2v) is 5.86. The van der Waals surface area contributed by atoms with Gasteiger partial charge in [0.15, 0.2) is 0 Å². The fourth-order valence-electron chi connectivity index (χ4n) is 2.92. The molecule has 1 fully saturated rings. The van der Waals surface area contributed by atoms with Gasteiger partial charge in [0.2, 0.25) is 0 Å². The van der Waals surface area contributed by atoms with Crippen molar-refractivity contribution >= 4 is 11.6 Å². The Labute approximate surface area is 139 Å². The van der Waals surface area contributed by atoms with E-state index in [2.05, 4.69) is 10.3 Å². The molecule has 0 saturated carbocycles. The van der Waals surface area contributed by atoms with E-state index in [-0.39, 0.29) is 11.9 Å². The van der Waals surface area contributed by atoms with Crippen LogP contribution in [0.3, 0.4) is 0 Å². The van der Waals surface area contributed by atoms with Gasteiger partial charge in [0, 0.05) is 32.3 Å². The lowest BCUT2D eigenvalue weighted by molar-refractivity contribution is -0.120. The van der Waals surface area contributed by atoms with Crippen LogP contribution in [0.5, 0.6) is 0 Å². The maximum absolute atomic E-state index is 13.9. The van der Waals surface area contributed by atoms with Crippen molar-refractivity contribution in [3.63, 3.8) is 0 Å². The van der Waals surface area contributed by atoms with Gasteiger partial charge < -0.3 is 15.4 Å². The molecule has 1 aromatic heterocycles. The minimum absolute atomic E-state index is 0.172. The second-order valence-electron chi connectivity index (χ2n) is 5.86. The standard InChI is InChI=1S/C16H20FN5O2/c1-24-10-11(18)8-12-9-22(20-19-12)15-6-7-21(16(15)23)14-5-3-2-4-13(14)17/h2-5,9,11,15H,6-8,10,18H2,1H3. The highest BCUT2D eigenvalue weighted by atomic mass is 19.1. The Balaban J connectivity index is 1.72. The topological polar surface area (TPSA) is 86.3 Å². The number of nitrogens with zero attached hydrogens (tertiary/aromatic N) is 4. The summed E-state index contributed by atoms with van der Waals surface area (Å²) < 4.78 is 20.4. The number of halogens is 1. The van der Waals surface area contributed by atoms with Gasteiger partial charge in [-0.2, -0.15) is 0 Å². The van der Waals surface area contributed by atoms with Crippen molar-refractivity contribution in [2.45, 2.75) is 24.9 Å². The van der Waals surface area contributed by atoms with E-state index in [0.29, 0.717) is 37.4 Å². The molecular formula is C16H20FN5O2. The van der Waals surface area contributed by atoms with Crippen molar-refractivity contribution in [2.75, 3.05) is 25.2 Å². The van der Waals surface area contributed by atoms with E-state index in [1.165, 1.54) is 15.6 Å². The van der Waals surface area contributed by atoms with Gasteiger partial charge in [-0.1, -0.05) is 17.3 Å². The summed E-state index contributed by atoms with van der Waals surface area (Å²) in [5.74, 6) is -0.589. The van der Waals surface area contributed by atoms with Gasteiger partial charge in [0.05, 0.1) is 18.0 Å². The van der Waals surface area contributed by atoms with Crippen LogP contribution in [-0.2, 0) is 16.0 Å². The molecule has 0 spiro atoms. The first-order chi connectivity index (χ1) is 11.6. The summed E-state index contributed by atoms with van der Waals surface area (Å²) in [6.07, 6.45) is 2.80. The van der Waals surface area contributed by atoms with Crippen LogP contribution in [0.15, 0.2) is 30.5 Å². The predicted octanol–water partition coefficient (Wildman–Crippen LogP) is 0.911. The van der Waals surface area contributed by atoms with Crippen LogP contribution < -0.4 is 10.6 Å². The minimum atomic E-state index is -0.468. The number of aromatic nitrogens is 3.